The van der Waals surface area contributed by atoms with Crippen LogP contribution in [0.5, 0.6) is 0 Å². The number of thioether (sulfide) groups is 1. The summed E-state index contributed by atoms with van der Waals surface area (Å²) in [6.07, 6.45) is 3.24. The van der Waals surface area contributed by atoms with E-state index in [2.05, 4.69) is 38.0 Å². The van der Waals surface area contributed by atoms with Gasteiger partial charge in [-0.3, -0.25) is 0 Å². The highest BCUT2D eigenvalue weighted by molar-refractivity contribution is 7.98. The summed E-state index contributed by atoms with van der Waals surface area (Å²) in [5, 5.41) is 1.87. The van der Waals surface area contributed by atoms with Crippen LogP contribution in [0.4, 0.5) is 10.9 Å². The molecular weight excluding hydrogens is 356 g/mol. The molecule has 5 rings (SSSR count). The van der Waals surface area contributed by atoms with Gasteiger partial charge < -0.3 is 14.5 Å². The summed E-state index contributed by atoms with van der Waals surface area (Å²) in [6, 6.07) is 0.962. The topological polar surface area (TPSA) is 67.3 Å². The zero-order valence-corrected chi connectivity index (χ0v) is 16.5. The highest BCUT2D eigenvalue weighted by Gasteiger charge is 2.46. The summed E-state index contributed by atoms with van der Waals surface area (Å²) in [4.78, 5) is 18.8. The van der Waals surface area contributed by atoms with E-state index >= 15 is 0 Å². The Morgan fingerprint density at radius 2 is 1.96 bits per heavy atom. The maximum absolute atomic E-state index is 5.13. The van der Waals surface area contributed by atoms with Gasteiger partial charge >= 0.3 is 0 Å². The molecule has 0 amide bonds. The molecule has 0 spiro atoms. The van der Waals surface area contributed by atoms with E-state index in [1.165, 1.54) is 23.5 Å². The maximum Gasteiger partial charge on any atom is 0.205 e. The summed E-state index contributed by atoms with van der Waals surface area (Å²) < 4.78 is 9.52. The molecule has 0 radical (unpaired) electrons. The van der Waals surface area contributed by atoms with E-state index in [0.29, 0.717) is 18.7 Å². The van der Waals surface area contributed by atoms with Crippen LogP contribution in [-0.2, 0) is 11.3 Å². The van der Waals surface area contributed by atoms with E-state index in [-0.39, 0.29) is 0 Å². The molecule has 3 fully saturated rings. The minimum atomic E-state index is 0.475. The zero-order chi connectivity index (χ0) is 17.6. The van der Waals surface area contributed by atoms with Crippen LogP contribution in [0.3, 0.4) is 0 Å². The lowest BCUT2D eigenvalue weighted by molar-refractivity contribution is 0.178. The summed E-state index contributed by atoms with van der Waals surface area (Å²) >= 11 is 3.08. The van der Waals surface area contributed by atoms with Gasteiger partial charge in [0.2, 0.25) is 5.13 Å². The summed E-state index contributed by atoms with van der Waals surface area (Å²) in [7, 11) is 1.67. The Kier molecular flexibility index (Phi) is 4.55. The van der Waals surface area contributed by atoms with Gasteiger partial charge in [0.05, 0.1) is 12.1 Å². The largest absolute Gasteiger partial charge is 0.377 e. The van der Waals surface area contributed by atoms with Gasteiger partial charge in [-0.25, -0.2) is 15.0 Å². The van der Waals surface area contributed by atoms with E-state index < -0.39 is 0 Å². The molecule has 2 aromatic heterocycles. The van der Waals surface area contributed by atoms with Gasteiger partial charge in [0.15, 0.2) is 11.0 Å². The summed E-state index contributed by atoms with van der Waals surface area (Å²) in [5.74, 6) is 1.86. The third-order valence-corrected chi connectivity index (χ3v) is 6.29. The van der Waals surface area contributed by atoms with Gasteiger partial charge in [-0.2, -0.15) is 4.37 Å². The van der Waals surface area contributed by atoms with Crippen LogP contribution in [0.2, 0.25) is 0 Å². The van der Waals surface area contributed by atoms with Gasteiger partial charge in [0.1, 0.15) is 12.4 Å². The van der Waals surface area contributed by atoms with Crippen LogP contribution in [-0.4, -0.2) is 57.9 Å². The first-order chi connectivity index (χ1) is 12.1. The van der Waals surface area contributed by atoms with Crippen LogP contribution in [0, 0.1) is 13.8 Å². The lowest BCUT2D eigenvalue weighted by atomic mass is 9.88. The molecule has 2 unspecified atom stereocenters. The van der Waals surface area contributed by atoms with E-state index in [1.54, 1.807) is 18.9 Å². The third-order valence-electron chi connectivity index (χ3n) is 4.97. The molecule has 0 saturated carbocycles. The fourth-order valence-electron chi connectivity index (χ4n) is 3.62. The first-order valence-electron chi connectivity index (χ1n) is 8.34. The molecule has 0 N–H and O–H groups in total. The van der Waals surface area contributed by atoms with Crippen molar-refractivity contribution in [3.8, 4) is 0 Å². The van der Waals surface area contributed by atoms with Crippen molar-refractivity contribution in [1.29, 1.82) is 0 Å². The number of aromatic nitrogens is 4. The highest BCUT2D eigenvalue weighted by Crippen LogP contribution is 2.39. The summed E-state index contributed by atoms with van der Waals surface area (Å²) in [5.41, 5.74) is 2.25. The van der Waals surface area contributed by atoms with Crippen LogP contribution in [0.15, 0.2) is 5.16 Å². The molecule has 134 valence electrons. The molecule has 2 aromatic rings. The smallest absolute Gasteiger partial charge is 0.205 e. The molecule has 0 aromatic carbocycles. The van der Waals surface area contributed by atoms with Crippen molar-refractivity contribution < 1.29 is 4.74 Å². The number of fused-ring (bicyclic) bond motifs is 2. The number of anilines is 2. The second-order valence-corrected chi connectivity index (χ2v) is 8.03. The Morgan fingerprint density at radius 3 is 2.64 bits per heavy atom. The zero-order valence-electron chi connectivity index (χ0n) is 14.9. The van der Waals surface area contributed by atoms with Crippen LogP contribution in [0.1, 0.15) is 23.5 Å². The van der Waals surface area contributed by atoms with Crippen molar-refractivity contribution in [2.75, 3.05) is 36.3 Å². The minimum Gasteiger partial charge on any atom is -0.377 e. The Balaban J connectivity index is 1.52. The molecule has 3 saturated heterocycles. The SMILES string of the molecule is COCc1nsc(N2C3CC2CN(c2nc(SC)nc(C)c2C)C3)n1. The predicted octanol–water partition coefficient (Wildman–Crippen LogP) is 2.28. The van der Waals surface area contributed by atoms with E-state index in [1.807, 2.05) is 6.26 Å². The Labute approximate surface area is 156 Å². The van der Waals surface area contributed by atoms with E-state index in [4.69, 9.17) is 9.72 Å². The lowest BCUT2D eigenvalue weighted by Crippen LogP contribution is -2.69. The van der Waals surface area contributed by atoms with Crippen molar-refractivity contribution in [2.45, 2.75) is 44.1 Å². The molecule has 2 bridgehead atoms. The minimum absolute atomic E-state index is 0.475. The van der Waals surface area contributed by atoms with E-state index in [0.717, 1.165) is 40.7 Å². The second kappa shape index (κ2) is 6.69. The van der Waals surface area contributed by atoms with Crippen molar-refractivity contribution in [3.05, 3.63) is 17.1 Å². The average Bonchev–Trinajstić information content (AvgIpc) is 3.05. The van der Waals surface area contributed by atoms with Crippen molar-refractivity contribution >= 4 is 34.2 Å². The second-order valence-electron chi connectivity index (χ2n) is 6.53. The number of ether oxygens (including phenoxy) is 1. The van der Waals surface area contributed by atoms with Gasteiger partial charge in [0, 0.05) is 43.0 Å². The molecule has 2 atom stereocenters. The Bertz CT molecular complexity index is 770. The quantitative estimate of drug-likeness (QED) is 0.580. The molecular formula is C16H22N6OS2. The standard InChI is InChI=1S/C16H22N6OS2/c1-9-10(2)17-15(24-4)19-14(9)21-6-11-5-12(7-21)22(11)16-18-13(8-23-3)20-25-16/h11-12H,5-8H2,1-4H3. The third kappa shape index (κ3) is 2.98. The van der Waals surface area contributed by atoms with E-state index in [9.17, 15) is 0 Å². The molecule has 3 aliphatic rings. The fourth-order valence-corrected chi connectivity index (χ4v) is 4.85. The molecule has 3 aliphatic heterocycles. The molecule has 25 heavy (non-hydrogen) atoms. The van der Waals surface area contributed by atoms with Crippen LogP contribution < -0.4 is 9.80 Å². The van der Waals surface area contributed by atoms with Gasteiger partial charge in [-0.05, 0) is 26.5 Å². The Hall–Kier alpha value is -1.45. The average molecular weight is 379 g/mol. The van der Waals surface area contributed by atoms with Gasteiger partial charge in [-0.1, -0.05) is 11.8 Å². The number of aryl methyl sites for hydroxylation is 1. The van der Waals surface area contributed by atoms with Crippen molar-refractivity contribution in [3.63, 3.8) is 0 Å². The number of methoxy groups -OCH3 is 1. The monoisotopic (exact) mass is 378 g/mol. The van der Waals surface area contributed by atoms with Crippen LogP contribution >= 0.6 is 23.3 Å². The first kappa shape index (κ1) is 17.0. The molecule has 0 aliphatic carbocycles. The number of hydrogen-bond donors (Lipinski definition) is 0. The molecule has 9 heteroatoms. The first-order valence-corrected chi connectivity index (χ1v) is 10.3. The fraction of sp³-hybridized carbons (Fsp3) is 0.625. The van der Waals surface area contributed by atoms with Crippen LogP contribution in [0.25, 0.3) is 0 Å². The molecule has 7 nitrogen and oxygen atoms in total. The Morgan fingerprint density at radius 1 is 1.20 bits per heavy atom. The van der Waals surface area contributed by atoms with Crippen molar-refractivity contribution in [2.24, 2.45) is 0 Å². The van der Waals surface area contributed by atoms with Crippen molar-refractivity contribution in [1.82, 2.24) is 19.3 Å². The number of rotatable bonds is 5. The molecule has 5 heterocycles. The maximum atomic E-state index is 5.13. The van der Waals surface area contributed by atoms with Gasteiger partial charge in [-0.15, -0.1) is 0 Å². The lowest BCUT2D eigenvalue weighted by Gasteiger charge is -2.56. The normalized spacial score (nSPS) is 22.2. The number of piperidine rings is 1. The number of piperazine rings is 1. The number of hydrogen-bond acceptors (Lipinski definition) is 9. The van der Waals surface area contributed by atoms with Gasteiger partial charge in [0.25, 0.3) is 0 Å². The number of nitrogens with zero attached hydrogens (tertiary/aromatic N) is 6. The predicted molar refractivity (Wildman–Crippen MR) is 101 cm³/mol. The summed E-state index contributed by atoms with van der Waals surface area (Å²) in [6.45, 7) is 6.61. The highest BCUT2D eigenvalue weighted by atomic mass is 32.2.